The molecule has 0 saturated carbocycles. The van der Waals surface area contributed by atoms with Crippen LogP contribution in [0.4, 0.5) is 4.39 Å². The molecular weight excluding hydrogens is 287 g/mol. The minimum Gasteiger partial charge on any atom is -0.309 e. The second-order valence-corrected chi connectivity index (χ2v) is 5.40. The smallest absolute Gasteiger partial charge is 0.268 e. The molecular formula is C13H8ClFN2OS. The van der Waals surface area contributed by atoms with Crippen LogP contribution in [0.1, 0.15) is 11.4 Å². The zero-order valence-corrected chi connectivity index (χ0v) is 11.2. The highest BCUT2D eigenvalue weighted by Gasteiger charge is 2.07. The lowest BCUT2D eigenvalue weighted by Crippen LogP contribution is -2.10. The van der Waals surface area contributed by atoms with E-state index in [-0.39, 0.29) is 10.6 Å². The van der Waals surface area contributed by atoms with E-state index in [1.54, 1.807) is 12.1 Å². The lowest BCUT2D eigenvalue weighted by Gasteiger charge is -2.02. The number of fused-ring (bicyclic) bond motifs is 1. The molecule has 0 fully saturated rings. The number of hydrogen-bond donors (Lipinski definition) is 1. The Morgan fingerprint density at radius 2 is 2.21 bits per heavy atom. The monoisotopic (exact) mass is 294 g/mol. The van der Waals surface area contributed by atoms with Gasteiger partial charge in [-0.1, -0.05) is 17.7 Å². The van der Waals surface area contributed by atoms with Crippen molar-refractivity contribution in [3.8, 4) is 0 Å². The number of nitrogens with one attached hydrogen (secondary N) is 1. The van der Waals surface area contributed by atoms with E-state index < -0.39 is 5.82 Å². The molecule has 3 rings (SSSR count). The number of benzene rings is 1. The van der Waals surface area contributed by atoms with Crippen molar-refractivity contribution in [2.24, 2.45) is 0 Å². The summed E-state index contributed by atoms with van der Waals surface area (Å²) >= 11 is 6.97. The van der Waals surface area contributed by atoms with Crippen molar-refractivity contribution >= 4 is 33.2 Å². The Hall–Kier alpha value is -1.72. The highest BCUT2D eigenvalue weighted by atomic mass is 35.5. The van der Waals surface area contributed by atoms with Crippen molar-refractivity contribution in [2.75, 3.05) is 0 Å². The number of aromatic amines is 1. The molecule has 0 aliphatic heterocycles. The summed E-state index contributed by atoms with van der Waals surface area (Å²) in [5.74, 6) is 0.0377. The molecule has 19 heavy (non-hydrogen) atoms. The summed E-state index contributed by atoms with van der Waals surface area (Å²) in [7, 11) is 0. The number of H-pyrrole nitrogens is 1. The molecule has 2 heterocycles. The fourth-order valence-electron chi connectivity index (χ4n) is 1.85. The molecule has 0 saturated heterocycles. The molecule has 1 N–H and O–H groups in total. The first-order valence-corrected chi connectivity index (χ1v) is 6.79. The fourth-order valence-corrected chi connectivity index (χ4v) is 2.69. The van der Waals surface area contributed by atoms with E-state index in [0.717, 1.165) is 0 Å². The normalized spacial score (nSPS) is 11.1. The topological polar surface area (TPSA) is 45.8 Å². The van der Waals surface area contributed by atoms with Gasteiger partial charge in [-0.05, 0) is 29.1 Å². The Labute approximate surface area is 116 Å². The molecule has 0 radical (unpaired) electrons. The van der Waals surface area contributed by atoms with E-state index in [0.29, 0.717) is 28.0 Å². The van der Waals surface area contributed by atoms with Gasteiger partial charge in [0.15, 0.2) is 0 Å². The van der Waals surface area contributed by atoms with Gasteiger partial charge in [0.25, 0.3) is 5.56 Å². The van der Waals surface area contributed by atoms with Crippen LogP contribution in [-0.4, -0.2) is 9.97 Å². The molecule has 0 aliphatic carbocycles. The number of aromatic nitrogens is 2. The standard InChI is InChI=1S/C13H8ClFN2OS/c14-8-2-1-7(5-9(8)15)6-11-16-10-3-4-19-12(10)13(18)17-11/h1-5H,6H2,(H,16,17,18). The summed E-state index contributed by atoms with van der Waals surface area (Å²) < 4.78 is 13.9. The van der Waals surface area contributed by atoms with Gasteiger partial charge in [-0.25, -0.2) is 9.37 Å². The summed E-state index contributed by atoms with van der Waals surface area (Å²) in [5.41, 5.74) is 1.21. The third-order valence-electron chi connectivity index (χ3n) is 2.72. The van der Waals surface area contributed by atoms with Crippen LogP contribution in [0.5, 0.6) is 0 Å². The van der Waals surface area contributed by atoms with Crippen LogP contribution in [-0.2, 0) is 6.42 Å². The SMILES string of the molecule is O=c1[nH]c(Cc2ccc(Cl)c(F)c2)nc2ccsc12. The second kappa shape index (κ2) is 4.75. The van der Waals surface area contributed by atoms with Crippen molar-refractivity contribution in [2.45, 2.75) is 6.42 Å². The molecule has 0 aliphatic rings. The summed E-state index contributed by atoms with van der Waals surface area (Å²) in [6.07, 6.45) is 0.356. The number of hydrogen-bond acceptors (Lipinski definition) is 3. The summed E-state index contributed by atoms with van der Waals surface area (Å²) in [6, 6.07) is 6.35. The van der Waals surface area contributed by atoms with Crippen LogP contribution in [0.25, 0.3) is 10.2 Å². The fraction of sp³-hybridized carbons (Fsp3) is 0.0769. The number of thiophene rings is 1. The van der Waals surface area contributed by atoms with Crippen LogP contribution in [0.3, 0.4) is 0 Å². The van der Waals surface area contributed by atoms with Gasteiger partial charge in [0, 0.05) is 6.42 Å². The van der Waals surface area contributed by atoms with Crippen LogP contribution < -0.4 is 5.56 Å². The van der Waals surface area contributed by atoms with Crippen molar-refractivity contribution in [3.63, 3.8) is 0 Å². The zero-order valence-electron chi connectivity index (χ0n) is 9.61. The summed E-state index contributed by atoms with van der Waals surface area (Å²) in [5, 5.41) is 1.90. The van der Waals surface area contributed by atoms with Crippen LogP contribution in [0, 0.1) is 5.82 Å². The summed E-state index contributed by atoms with van der Waals surface area (Å²) in [6.45, 7) is 0. The number of nitrogens with zero attached hydrogens (tertiary/aromatic N) is 1. The molecule has 0 amide bonds. The van der Waals surface area contributed by atoms with E-state index in [1.165, 1.54) is 23.5 Å². The van der Waals surface area contributed by atoms with E-state index in [9.17, 15) is 9.18 Å². The average Bonchev–Trinajstić information content (AvgIpc) is 2.82. The number of rotatable bonds is 2. The van der Waals surface area contributed by atoms with Crippen molar-refractivity contribution in [1.82, 2.24) is 9.97 Å². The quantitative estimate of drug-likeness (QED) is 0.787. The Morgan fingerprint density at radius 3 is 3.00 bits per heavy atom. The predicted molar refractivity (Wildman–Crippen MR) is 74.5 cm³/mol. The average molecular weight is 295 g/mol. The minimum atomic E-state index is -0.474. The molecule has 1 aromatic carbocycles. The highest BCUT2D eigenvalue weighted by molar-refractivity contribution is 7.17. The van der Waals surface area contributed by atoms with E-state index >= 15 is 0 Å². The third-order valence-corrected chi connectivity index (χ3v) is 3.93. The van der Waals surface area contributed by atoms with Crippen LogP contribution >= 0.6 is 22.9 Å². The van der Waals surface area contributed by atoms with Gasteiger partial charge in [0.2, 0.25) is 0 Å². The van der Waals surface area contributed by atoms with Gasteiger partial charge in [0.1, 0.15) is 16.3 Å². The van der Waals surface area contributed by atoms with E-state index in [2.05, 4.69) is 9.97 Å². The molecule has 2 aromatic heterocycles. The van der Waals surface area contributed by atoms with Gasteiger partial charge in [0.05, 0.1) is 10.5 Å². The Morgan fingerprint density at radius 1 is 1.37 bits per heavy atom. The predicted octanol–water partition coefficient (Wildman–Crippen LogP) is 3.37. The van der Waals surface area contributed by atoms with Crippen molar-refractivity contribution in [1.29, 1.82) is 0 Å². The number of halogens is 2. The minimum absolute atomic E-state index is 0.0819. The molecule has 0 spiro atoms. The largest absolute Gasteiger partial charge is 0.309 e. The molecule has 0 atom stereocenters. The van der Waals surface area contributed by atoms with Crippen LogP contribution in [0.2, 0.25) is 5.02 Å². The van der Waals surface area contributed by atoms with Crippen LogP contribution in [0.15, 0.2) is 34.4 Å². The second-order valence-electron chi connectivity index (χ2n) is 4.07. The maximum atomic E-state index is 13.3. The van der Waals surface area contributed by atoms with Crippen molar-refractivity contribution in [3.05, 3.63) is 62.2 Å². The van der Waals surface area contributed by atoms with Gasteiger partial charge in [-0.2, -0.15) is 0 Å². The van der Waals surface area contributed by atoms with Gasteiger partial charge >= 0.3 is 0 Å². The van der Waals surface area contributed by atoms with E-state index in [4.69, 9.17) is 11.6 Å². The maximum Gasteiger partial charge on any atom is 0.268 e. The molecule has 3 nitrogen and oxygen atoms in total. The first kappa shape index (κ1) is 12.3. The Kier molecular flexibility index (Phi) is 3.08. The highest BCUT2D eigenvalue weighted by Crippen LogP contribution is 2.18. The molecule has 3 aromatic rings. The Balaban J connectivity index is 2.00. The first-order valence-electron chi connectivity index (χ1n) is 5.54. The van der Waals surface area contributed by atoms with Gasteiger partial charge < -0.3 is 4.98 Å². The molecule has 0 bridgehead atoms. The lowest BCUT2D eigenvalue weighted by atomic mass is 10.1. The third kappa shape index (κ3) is 2.39. The lowest BCUT2D eigenvalue weighted by molar-refractivity contribution is 0.626. The zero-order chi connectivity index (χ0) is 13.4. The van der Waals surface area contributed by atoms with Gasteiger partial charge in [-0.15, -0.1) is 11.3 Å². The molecule has 96 valence electrons. The van der Waals surface area contributed by atoms with Crippen molar-refractivity contribution < 1.29 is 4.39 Å². The molecule has 0 unspecified atom stereocenters. The van der Waals surface area contributed by atoms with E-state index in [1.807, 2.05) is 5.38 Å². The van der Waals surface area contributed by atoms with Gasteiger partial charge in [-0.3, -0.25) is 4.79 Å². The first-order chi connectivity index (χ1) is 9.13. The Bertz CT molecular complexity index is 812. The maximum absolute atomic E-state index is 13.3. The molecule has 6 heteroatoms. The summed E-state index contributed by atoms with van der Waals surface area (Å²) in [4.78, 5) is 18.8.